The Morgan fingerprint density at radius 1 is 1.07 bits per heavy atom. The largest absolute Gasteiger partial charge is 0.507 e. The molecule has 29 heavy (non-hydrogen) atoms. The molecule has 0 saturated heterocycles. The van der Waals surface area contributed by atoms with Gasteiger partial charge in [0.05, 0.1) is 6.21 Å². The number of carbonyl (C=O) groups excluding carboxylic acids is 1. The number of hydrogen-bond donors (Lipinski definition) is 2. The third-order valence-corrected chi connectivity index (χ3v) is 4.69. The highest BCUT2D eigenvalue weighted by atomic mass is 16.5. The molecule has 0 aliphatic rings. The fourth-order valence-electron chi connectivity index (χ4n) is 3.10. The SMILES string of the molecule is CCCCCc1ccc(OCC(=O)N/N=C/c2c(O)ccc3ccccc23)cc1. The second kappa shape index (κ2) is 10.3. The number of carbonyl (C=O) groups is 1. The van der Waals surface area contributed by atoms with Crippen molar-refractivity contribution in [3.05, 3.63) is 71.8 Å². The lowest BCUT2D eigenvalue weighted by Gasteiger charge is -2.07. The van der Waals surface area contributed by atoms with Crippen molar-refractivity contribution in [3.63, 3.8) is 0 Å². The summed E-state index contributed by atoms with van der Waals surface area (Å²) in [6.45, 7) is 2.06. The fraction of sp³-hybridized carbons (Fsp3) is 0.250. The molecule has 3 aromatic rings. The lowest BCUT2D eigenvalue weighted by molar-refractivity contribution is -0.123. The van der Waals surface area contributed by atoms with E-state index in [0.717, 1.165) is 17.2 Å². The molecule has 0 heterocycles. The molecule has 0 aromatic heterocycles. The molecule has 0 aliphatic carbocycles. The third kappa shape index (κ3) is 5.82. The van der Waals surface area contributed by atoms with Crippen LogP contribution in [-0.4, -0.2) is 23.8 Å². The zero-order valence-electron chi connectivity index (χ0n) is 16.6. The summed E-state index contributed by atoms with van der Waals surface area (Å²) in [7, 11) is 0. The van der Waals surface area contributed by atoms with Crippen molar-refractivity contribution in [1.82, 2.24) is 5.43 Å². The van der Waals surface area contributed by atoms with Gasteiger partial charge in [-0.05, 0) is 47.4 Å². The van der Waals surface area contributed by atoms with E-state index in [0.29, 0.717) is 11.3 Å². The summed E-state index contributed by atoms with van der Waals surface area (Å²) >= 11 is 0. The van der Waals surface area contributed by atoms with Crippen LogP contribution in [0.2, 0.25) is 0 Å². The summed E-state index contributed by atoms with van der Waals surface area (Å²) in [5.41, 5.74) is 4.26. The Hall–Kier alpha value is -3.34. The van der Waals surface area contributed by atoms with Crippen molar-refractivity contribution in [2.45, 2.75) is 32.6 Å². The number of nitrogens with one attached hydrogen (secondary N) is 1. The molecule has 0 bridgehead atoms. The van der Waals surface area contributed by atoms with Crippen LogP contribution in [0.4, 0.5) is 0 Å². The van der Waals surface area contributed by atoms with Gasteiger partial charge in [-0.3, -0.25) is 4.79 Å². The van der Waals surface area contributed by atoms with Crippen molar-refractivity contribution in [2.75, 3.05) is 6.61 Å². The number of hydrogen-bond acceptors (Lipinski definition) is 4. The van der Waals surface area contributed by atoms with Gasteiger partial charge in [0.1, 0.15) is 11.5 Å². The fourth-order valence-corrected chi connectivity index (χ4v) is 3.10. The van der Waals surface area contributed by atoms with Crippen LogP contribution < -0.4 is 10.2 Å². The Morgan fingerprint density at radius 2 is 1.86 bits per heavy atom. The maximum Gasteiger partial charge on any atom is 0.277 e. The number of ether oxygens (including phenoxy) is 1. The predicted octanol–water partition coefficient (Wildman–Crippen LogP) is 4.81. The minimum Gasteiger partial charge on any atom is -0.507 e. The van der Waals surface area contributed by atoms with Gasteiger partial charge in [-0.15, -0.1) is 0 Å². The van der Waals surface area contributed by atoms with Crippen molar-refractivity contribution in [2.24, 2.45) is 5.10 Å². The Morgan fingerprint density at radius 3 is 2.66 bits per heavy atom. The van der Waals surface area contributed by atoms with Crippen LogP contribution in [0.15, 0.2) is 65.8 Å². The van der Waals surface area contributed by atoms with E-state index in [2.05, 4.69) is 17.5 Å². The monoisotopic (exact) mass is 390 g/mol. The van der Waals surface area contributed by atoms with Gasteiger partial charge in [-0.25, -0.2) is 5.43 Å². The zero-order valence-corrected chi connectivity index (χ0v) is 16.6. The van der Waals surface area contributed by atoms with Crippen LogP contribution in [-0.2, 0) is 11.2 Å². The van der Waals surface area contributed by atoms with E-state index in [4.69, 9.17) is 4.74 Å². The summed E-state index contributed by atoms with van der Waals surface area (Å²) in [5, 5.41) is 15.9. The number of fused-ring (bicyclic) bond motifs is 1. The minimum atomic E-state index is -0.368. The highest BCUT2D eigenvalue weighted by Crippen LogP contribution is 2.25. The molecule has 0 unspecified atom stereocenters. The Kier molecular flexibility index (Phi) is 7.22. The van der Waals surface area contributed by atoms with Crippen molar-refractivity contribution in [1.29, 1.82) is 0 Å². The van der Waals surface area contributed by atoms with Crippen LogP contribution in [0.25, 0.3) is 10.8 Å². The number of phenols is 1. The van der Waals surface area contributed by atoms with Gasteiger partial charge in [-0.2, -0.15) is 5.10 Å². The quantitative estimate of drug-likeness (QED) is 0.313. The van der Waals surface area contributed by atoms with Crippen molar-refractivity contribution in [3.8, 4) is 11.5 Å². The molecule has 3 rings (SSSR count). The molecule has 0 saturated carbocycles. The summed E-state index contributed by atoms with van der Waals surface area (Å²) in [6.07, 6.45) is 6.13. The van der Waals surface area contributed by atoms with E-state index in [1.54, 1.807) is 6.07 Å². The number of amides is 1. The van der Waals surface area contributed by atoms with E-state index < -0.39 is 0 Å². The highest BCUT2D eigenvalue weighted by molar-refractivity contribution is 6.02. The number of hydrazone groups is 1. The molecule has 0 fully saturated rings. The molecular weight excluding hydrogens is 364 g/mol. The maximum atomic E-state index is 12.0. The van der Waals surface area contributed by atoms with Gasteiger partial charge in [0.2, 0.25) is 0 Å². The summed E-state index contributed by atoms with van der Waals surface area (Å²) in [5.74, 6) is 0.389. The first-order valence-electron chi connectivity index (χ1n) is 9.91. The summed E-state index contributed by atoms with van der Waals surface area (Å²) in [6, 6.07) is 18.9. The lowest BCUT2D eigenvalue weighted by atomic mass is 10.0. The zero-order chi connectivity index (χ0) is 20.5. The smallest absolute Gasteiger partial charge is 0.277 e. The second-order valence-electron chi connectivity index (χ2n) is 6.90. The van der Waals surface area contributed by atoms with Crippen LogP contribution in [0.5, 0.6) is 11.5 Å². The third-order valence-electron chi connectivity index (χ3n) is 4.69. The van der Waals surface area contributed by atoms with E-state index >= 15 is 0 Å². The number of benzene rings is 3. The number of aromatic hydroxyl groups is 1. The Labute approximate surface area is 171 Å². The Balaban J connectivity index is 1.51. The Bertz CT molecular complexity index is 981. The first-order chi connectivity index (χ1) is 14.2. The molecule has 1 amide bonds. The molecule has 0 atom stereocenters. The maximum absolute atomic E-state index is 12.0. The average Bonchev–Trinajstić information content (AvgIpc) is 2.75. The lowest BCUT2D eigenvalue weighted by Crippen LogP contribution is -2.24. The second-order valence-corrected chi connectivity index (χ2v) is 6.90. The van der Waals surface area contributed by atoms with Crippen LogP contribution in [0.3, 0.4) is 0 Å². The molecule has 3 aromatic carbocycles. The molecule has 0 spiro atoms. The van der Waals surface area contributed by atoms with Crippen molar-refractivity contribution >= 4 is 22.9 Å². The normalized spacial score (nSPS) is 11.1. The van der Waals surface area contributed by atoms with Gasteiger partial charge in [-0.1, -0.05) is 62.2 Å². The molecular formula is C24H26N2O3. The van der Waals surface area contributed by atoms with Gasteiger partial charge in [0.25, 0.3) is 5.91 Å². The topological polar surface area (TPSA) is 70.9 Å². The van der Waals surface area contributed by atoms with E-state index in [9.17, 15) is 9.90 Å². The first kappa shape index (κ1) is 20.4. The predicted molar refractivity (Wildman–Crippen MR) is 117 cm³/mol. The highest BCUT2D eigenvalue weighted by Gasteiger charge is 2.05. The number of nitrogens with zero attached hydrogens (tertiary/aromatic N) is 1. The van der Waals surface area contributed by atoms with Crippen LogP contribution in [0, 0.1) is 0 Å². The molecule has 2 N–H and O–H groups in total. The molecule has 150 valence electrons. The van der Waals surface area contributed by atoms with Gasteiger partial charge < -0.3 is 9.84 Å². The van der Waals surface area contributed by atoms with Crippen molar-refractivity contribution < 1.29 is 14.6 Å². The van der Waals surface area contributed by atoms with Crippen LogP contribution >= 0.6 is 0 Å². The molecule has 5 heteroatoms. The minimum absolute atomic E-state index is 0.108. The van der Waals surface area contributed by atoms with Gasteiger partial charge in [0.15, 0.2) is 6.61 Å². The number of rotatable bonds is 9. The molecule has 0 aliphatic heterocycles. The number of phenolic OH excluding ortho intramolecular Hbond substituents is 1. The number of aryl methyl sites for hydroxylation is 1. The van der Waals surface area contributed by atoms with E-state index in [-0.39, 0.29) is 18.3 Å². The summed E-state index contributed by atoms with van der Waals surface area (Å²) < 4.78 is 5.51. The van der Waals surface area contributed by atoms with Gasteiger partial charge >= 0.3 is 0 Å². The van der Waals surface area contributed by atoms with Crippen LogP contribution in [0.1, 0.15) is 37.3 Å². The molecule has 0 radical (unpaired) electrons. The van der Waals surface area contributed by atoms with E-state index in [1.165, 1.54) is 31.0 Å². The first-order valence-corrected chi connectivity index (χ1v) is 9.91. The van der Waals surface area contributed by atoms with Gasteiger partial charge in [0, 0.05) is 5.56 Å². The number of unbranched alkanes of at least 4 members (excludes halogenated alkanes) is 2. The standard InChI is InChI=1S/C24H26N2O3/c1-2-3-4-7-18-10-13-20(14-11-18)29-17-24(28)26-25-16-22-21-9-6-5-8-19(21)12-15-23(22)27/h5-6,8-16,27H,2-4,7,17H2,1H3,(H,26,28)/b25-16+. The van der Waals surface area contributed by atoms with E-state index in [1.807, 2.05) is 54.6 Å². The average molecular weight is 390 g/mol. The molecule has 5 nitrogen and oxygen atoms in total. The summed E-state index contributed by atoms with van der Waals surface area (Å²) in [4.78, 5) is 12.0.